The lowest BCUT2D eigenvalue weighted by Gasteiger charge is -2.05. The van der Waals surface area contributed by atoms with Gasteiger partial charge >= 0.3 is 0 Å². The van der Waals surface area contributed by atoms with Crippen molar-refractivity contribution >= 4 is 16.8 Å². The van der Waals surface area contributed by atoms with Gasteiger partial charge < -0.3 is 15.3 Å². The van der Waals surface area contributed by atoms with Gasteiger partial charge in [-0.15, -0.1) is 0 Å². The first-order valence-electron chi connectivity index (χ1n) is 7.94. The Balaban J connectivity index is 1.46. The fourth-order valence-corrected chi connectivity index (χ4v) is 2.52. The van der Waals surface area contributed by atoms with Gasteiger partial charge in [-0.3, -0.25) is 9.59 Å². The van der Waals surface area contributed by atoms with Gasteiger partial charge in [0, 0.05) is 37.7 Å². The Morgan fingerprint density at radius 1 is 1.21 bits per heavy atom. The molecule has 7 heteroatoms. The summed E-state index contributed by atoms with van der Waals surface area (Å²) in [6, 6.07) is 7.23. The zero-order chi connectivity index (χ0) is 16.8. The molecule has 0 saturated heterocycles. The van der Waals surface area contributed by atoms with Gasteiger partial charge in [0.05, 0.1) is 17.2 Å². The number of imidazole rings is 1. The summed E-state index contributed by atoms with van der Waals surface area (Å²) < 4.78 is 0. The van der Waals surface area contributed by atoms with E-state index in [1.807, 2.05) is 18.2 Å². The molecule has 0 spiro atoms. The van der Waals surface area contributed by atoms with Crippen LogP contribution < -0.4 is 10.9 Å². The molecule has 3 aromatic rings. The van der Waals surface area contributed by atoms with Gasteiger partial charge in [0.25, 0.3) is 5.56 Å². The van der Waals surface area contributed by atoms with Gasteiger partial charge in [-0.05, 0) is 18.6 Å². The van der Waals surface area contributed by atoms with E-state index in [1.165, 1.54) is 0 Å². The Bertz CT molecular complexity index is 870. The van der Waals surface area contributed by atoms with E-state index in [4.69, 9.17) is 0 Å². The molecule has 0 fully saturated rings. The number of hydrogen-bond acceptors (Lipinski definition) is 4. The molecule has 0 aliphatic rings. The second kappa shape index (κ2) is 7.54. The standard InChI is InChI=1S/C17H19N5O2/c23-16(19-9-8-12-10-18-11-20-12)7-3-6-15-21-14-5-2-1-4-13(14)17(24)22-15/h1-2,4-5,10-11H,3,6-9H2,(H,18,20)(H,19,23)(H,21,22,24). The highest BCUT2D eigenvalue weighted by Gasteiger charge is 2.05. The molecule has 2 heterocycles. The summed E-state index contributed by atoms with van der Waals surface area (Å²) in [5.74, 6) is 0.613. The number of amides is 1. The van der Waals surface area contributed by atoms with Crippen molar-refractivity contribution in [2.75, 3.05) is 6.54 Å². The van der Waals surface area contributed by atoms with Crippen molar-refractivity contribution < 1.29 is 4.79 Å². The number of aromatic nitrogens is 4. The first-order valence-corrected chi connectivity index (χ1v) is 7.94. The Hall–Kier alpha value is -2.96. The van der Waals surface area contributed by atoms with Gasteiger partial charge in [-0.2, -0.15) is 0 Å². The highest BCUT2D eigenvalue weighted by atomic mass is 16.1. The van der Waals surface area contributed by atoms with Crippen molar-refractivity contribution in [1.29, 1.82) is 0 Å². The van der Waals surface area contributed by atoms with Crippen molar-refractivity contribution in [1.82, 2.24) is 25.3 Å². The maximum Gasteiger partial charge on any atom is 0.258 e. The normalized spacial score (nSPS) is 10.8. The Morgan fingerprint density at radius 3 is 2.92 bits per heavy atom. The zero-order valence-electron chi connectivity index (χ0n) is 13.2. The van der Waals surface area contributed by atoms with E-state index in [1.54, 1.807) is 18.6 Å². The molecular formula is C17H19N5O2. The van der Waals surface area contributed by atoms with E-state index < -0.39 is 0 Å². The Morgan fingerprint density at radius 2 is 2.08 bits per heavy atom. The third-order valence-electron chi connectivity index (χ3n) is 3.75. The van der Waals surface area contributed by atoms with Crippen LogP contribution in [0.1, 0.15) is 24.4 Å². The van der Waals surface area contributed by atoms with Crippen LogP contribution in [0.4, 0.5) is 0 Å². The van der Waals surface area contributed by atoms with Crippen LogP contribution in [0.15, 0.2) is 41.6 Å². The quantitative estimate of drug-likeness (QED) is 0.609. The smallest absolute Gasteiger partial charge is 0.258 e. The van der Waals surface area contributed by atoms with Crippen molar-refractivity contribution in [3.05, 3.63) is 58.7 Å². The van der Waals surface area contributed by atoms with Crippen molar-refractivity contribution in [3.63, 3.8) is 0 Å². The average molecular weight is 325 g/mol. The van der Waals surface area contributed by atoms with Crippen LogP contribution in [0, 0.1) is 0 Å². The van der Waals surface area contributed by atoms with Gasteiger partial charge in [-0.1, -0.05) is 12.1 Å². The van der Waals surface area contributed by atoms with Gasteiger partial charge in [0.2, 0.25) is 5.91 Å². The summed E-state index contributed by atoms with van der Waals surface area (Å²) in [5.41, 5.74) is 1.54. The molecule has 7 nitrogen and oxygen atoms in total. The summed E-state index contributed by atoms with van der Waals surface area (Å²) in [7, 11) is 0. The molecule has 3 rings (SSSR count). The monoisotopic (exact) mass is 325 g/mol. The number of aromatic amines is 2. The number of carbonyl (C=O) groups excluding carboxylic acids is 1. The molecule has 24 heavy (non-hydrogen) atoms. The number of aryl methyl sites for hydroxylation is 1. The average Bonchev–Trinajstić information content (AvgIpc) is 3.08. The molecule has 2 aromatic heterocycles. The summed E-state index contributed by atoms with van der Waals surface area (Å²) in [4.78, 5) is 37.9. The van der Waals surface area contributed by atoms with E-state index in [-0.39, 0.29) is 11.5 Å². The molecular weight excluding hydrogens is 306 g/mol. The van der Waals surface area contributed by atoms with E-state index in [2.05, 4.69) is 25.3 Å². The molecule has 1 amide bonds. The number of rotatable bonds is 7. The van der Waals surface area contributed by atoms with Crippen molar-refractivity contribution in [2.24, 2.45) is 0 Å². The fraction of sp³-hybridized carbons (Fsp3) is 0.294. The fourth-order valence-electron chi connectivity index (χ4n) is 2.52. The predicted octanol–water partition coefficient (Wildman–Crippen LogP) is 1.33. The molecule has 0 aliphatic heterocycles. The first kappa shape index (κ1) is 15.9. The van der Waals surface area contributed by atoms with E-state index >= 15 is 0 Å². The van der Waals surface area contributed by atoms with Gasteiger partial charge in [0.1, 0.15) is 5.82 Å². The minimum absolute atomic E-state index is 0.00217. The van der Waals surface area contributed by atoms with Crippen LogP contribution in [-0.4, -0.2) is 32.4 Å². The largest absolute Gasteiger partial charge is 0.356 e. The number of fused-ring (bicyclic) bond motifs is 1. The lowest BCUT2D eigenvalue weighted by atomic mass is 10.2. The van der Waals surface area contributed by atoms with E-state index in [0.29, 0.717) is 42.5 Å². The van der Waals surface area contributed by atoms with Crippen LogP contribution in [-0.2, 0) is 17.6 Å². The van der Waals surface area contributed by atoms with Crippen LogP contribution in [0.5, 0.6) is 0 Å². The van der Waals surface area contributed by atoms with Crippen LogP contribution in [0.3, 0.4) is 0 Å². The lowest BCUT2D eigenvalue weighted by molar-refractivity contribution is -0.121. The van der Waals surface area contributed by atoms with E-state index in [9.17, 15) is 9.59 Å². The molecule has 1 aromatic carbocycles. The summed E-state index contributed by atoms with van der Waals surface area (Å²) in [6.45, 7) is 0.575. The maximum atomic E-state index is 12.0. The summed E-state index contributed by atoms with van der Waals surface area (Å²) in [6.07, 6.45) is 5.69. The maximum absolute atomic E-state index is 12.0. The third kappa shape index (κ3) is 4.07. The SMILES string of the molecule is O=C(CCCc1nc2ccccc2c(=O)[nH]1)NCCc1cnc[nH]1. The number of carbonyl (C=O) groups is 1. The number of nitrogens with one attached hydrogen (secondary N) is 3. The van der Waals surface area contributed by atoms with Gasteiger partial charge in [-0.25, -0.2) is 9.97 Å². The molecule has 0 saturated carbocycles. The molecule has 0 atom stereocenters. The Labute approximate surface area is 138 Å². The minimum atomic E-state index is -0.139. The molecule has 124 valence electrons. The number of para-hydroxylation sites is 1. The number of hydrogen-bond donors (Lipinski definition) is 3. The molecule has 0 radical (unpaired) electrons. The number of benzene rings is 1. The lowest BCUT2D eigenvalue weighted by Crippen LogP contribution is -2.25. The van der Waals surface area contributed by atoms with E-state index in [0.717, 1.165) is 12.1 Å². The van der Waals surface area contributed by atoms with Crippen molar-refractivity contribution in [3.8, 4) is 0 Å². The highest BCUT2D eigenvalue weighted by molar-refractivity contribution is 5.77. The third-order valence-corrected chi connectivity index (χ3v) is 3.75. The second-order valence-corrected chi connectivity index (χ2v) is 5.56. The first-order chi connectivity index (χ1) is 11.7. The van der Waals surface area contributed by atoms with Crippen molar-refractivity contribution in [2.45, 2.75) is 25.7 Å². The molecule has 3 N–H and O–H groups in total. The van der Waals surface area contributed by atoms with Crippen LogP contribution in [0.2, 0.25) is 0 Å². The zero-order valence-corrected chi connectivity index (χ0v) is 13.2. The van der Waals surface area contributed by atoms with Crippen LogP contribution in [0.25, 0.3) is 10.9 Å². The summed E-state index contributed by atoms with van der Waals surface area (Å²) in [5, 5.41) is 3.45. The van der Waals surface area contributed by atoms with Crippen LogP contribution >= 0.6 is 0 Å². The number of H-pyrrole nitrogens is 2. The molecule has 0 bridgehead atoms. The predicted molar refractivity (Wildman–Crippen MR) is 90.6 cm³/mol. The minimum Gasteiger partial charge on any atom is -0.356 e. The second-order valence-electron chi connectivity index (χ2n) is 5.56. The topological polar surface area (TPSA) is 104 Å². The Kier molecular flexibility index (Phi) is 5.00. The molecule has 0 aliphatic carbocycles. The highest BCUT2D eigenvalue weighted by Crippen LogP contribution is 2.07. The molecule has 0 unspecified atom stereocenters. The van der Waals surface area contributed by atoms with Gasteiger partial charge in [0.15, 0.2) is 0 Å². The summed E-state index contributed by atoms with van der Waals surface area (Å²) >= 11 is 0. The number of nitrogens with zero attached hydrogens (tertiary/aromatic N) is 2.